The monoisotopic (exact) mass is 291 g/mol. The number of benzene rings is 1. The Bertz CT molecular complexity index is 372. The lowest BCUT2D eigenvalue weighted by atomic mass is 9.99. The van der Waals surface area contributed by atoms with Crippen molar-refractivity contribution < 1.29 is 4.74 Å². The zero-order valence-corrected chi connectivity index (χ0v) is 14.5. The van der Waals surface area contributed by atoms with E-state index in [0.717, 1.165) is 19.6 Å². The first-order valence-corrected chi connectivity index (χ1v) is 8.40. The van der Waals surface area contributed by atoms with Gasteiger partial charge in [-0.25, -0.2) is 0 Å². The molecule has 2 unspecified atom stereocenters. The van der Waals surface area contributed by atoms with E-state index < -0.39 is 0 Å². The number of rotatable bonds is 10. The summed E-state index contributed by atoms with van der Waals surface area (Å²) in [5.41, 5.74) is 2.73. The van der Waals surface area contributed by atoms with Crippen molar-refractivity contribution in [3.8, 4) is 0 Å². The van der Waals surface area contributed by atoms with E-state index in [-0.39, 0.29) is 6.04 Å². The standard InChI is InChI=1S/C19H33NO/c1-6-7-16(4)13-21-14-19(20-5)18-10-8-17(9-11-18)12-15(2)3/h8-11,15-16,19-20H,6-7,12-14H2,1-5H3. The molecule has 0 fully saturated rings. The van der Waals surface area contributed by atoms with Crippen molar-refractivity contribution in [1.82, 2.24) is 5.32 Å². The van der Waals surface area contributed by atoms with Gasteiger partial charge in [0.05, 0.1) is 12.6 Å². The zero-order valence-electron chi connectivity index (χ0n) is 14.5. The van der Waals surface area contributed by atoms with Crippen LogP contribution in [0.1, 0.15) is 57.7 Å². The van der Waals surface area contributed by atoms with Crippen LogP contribution < -0.4 is 5.32 Å². The summed E-state index contributed by atoms with van der Waals surface area (Å²) in [7, 11) is 2.01. The fraction of sp³-hybridized carbons (Fsp3) is 0.684. The molecule has 0 radical (unpaired) electrons. The van der Waals surface area contributed by atoms with Gasteiger partial charge in [-0.2, -0.15) is 0 Å². The van der Waals surface area contributed by atoms with E-state index in [1.807, 2.05) is 7.05 Å². The van der Waals surface area contributed by atoms with Crippen LogP contribution in [0.15, 0.2) is 24.3 Å². The summed E-state index contributed by atoms with van der Waals surface area (Å²) in [6.45, 7) is 10.6. The van der Waals surface area contributed by atoms with Crippen LogP contribution in [0.25, 0.3) is 0 Å². The quantitative estimate of drug-likeness (QED) is 0.680. The summed E-state index contributed by atoms with van der Waals surface area (Å²) in [6, 6.07) is 9.25. The number of likely N-dealkylation sites (N-methyl/N-ethyl adjacent to an activating group) is 1. The molecular formula is C19H33NO. The molecule has 0 saturated carbocycles. The Kier molecular flexibility index (Phi) is 8.63. The van der Waals surface area contributed by atoms with Crippen molar-refractivity contribution in [3.63, 3.8) is 0 Å². The first-order valence-electron chi connectivity index (χ1n) is 8.40. The molecule has 0 bridgehead atoms. The predicted octanol–water partition coefficient (Wildman–Crippen LogP) is 4.60. The van der Waals surface area contributed by atoms with E-state index in [2.05, 4.69) is 57.3 Å². The van der Waals surface area contributed by atoms with Gasteiger partial charge in [0.25, 0.3) is 0 Å². The van der Waals surface area contributed by atoms with Crippen molar-refractivity contribution in [2.45, 2.75) is 53.0 Å². The van der Waals surface area contributed by atoms with E-state index in [1.54, 1.807) is 0 Å². The molecule has 1 rings (SSSR count). The van der Waals surface area contributed by atoms with Gasteiger partial charge in [0.15, 0.2) is 0 Å². The van der Waals surface area contributed by atoms with Crippen molar-refractivity contribution in [2.24, 2.45) is 11.8 Å². The van der Waals surface area contributed by atoms with Gasteiger partial charge < -0.3 is 10.1 Å². The first kappa shape index (κ1) is 18.2. The molecule has 1 N–H and O–H groups in total. The maximum Gasteiger partial charge on any atom is 0.0661 e. The lowest BCUT2D eigenvalue weighted by Gasteiger charge is -2.19. The Morgan fingerprint density at radius 1 is 1.05 bits per heavy atom. The lowest BCUT2D eigenvalue weighted by Crippen LogP contribution is -2.23. The van der Waals surface area contributed by atoms with Crippen molar-refractivity contribution >= 4 is 0 Å². The molecule has 2 nitrogen and oxygen atoms in total. The molecule has 2 atom stereocenters. The highest BCUT2D eigenvalue weighted by Gasteiger charge is 2.10. The predicted molar refractivity (Wildman–Crippen MR) is 91.7 cm³/mol. The van der Waals surface area contributed by atoms with E-state index in [4.69, 9.17) is 4.74 Å². The molecule has 0 saturated heterocycles. The van der Waals surface area contributed by atoms with Crippen LogP contribution in [0, 0.1) is 11.8 Å². The average Bonchev–Trinajstić information content (AvgIpc) is 2.44. The fourth-order valence-electron chi connectivity index (χ4n) is 2.67. The molecule has 1 aromatic carbocycles. The minimum Gasteiger partial charge on any atom is -0.379 e. The van der Waals surface area contributed by atoms with Crippen LogP contribution in [-0.4, -0.2) is 20.3 Å². The third-order valence-corrected chi connectivity index (χ3v) is 3.84. The second-order valence-electron chi connectivity index (χ2n) is 6.61. The Morgan fingerprint density at radius 2 is 1.71 bits per heavy atom. The number of ether oxygens (including phenoxy) is 1. The second kappa shape index (κ2) is 9.97. The third kappa shape index (κ3) is 7.10. The average molecular weight is 291 g/mol. The molecule has 0 aliphatic rings. The van der Waals surface area contributed by atoms with E-state index in [1.165, 1.54) is 24.0 Å². The molecule has 0 aliphatic carbocycles. The summed E-state index contributed by atoms with van der Waals surface area (Å²) in [5, 5.41) is 3.36. The maximum atomic E-state index is 5.89. The van der Waals surface area contributed by atoms with Crippen LogP contribution in [0.5, 0.6) is 0 Å². The van der Waals surface area contributed by atoms with E-state index in [0.29, 0.717) is 11.8 Å². The van der Waals surface area contributed by atoms with Crippen LogP contribution >= 0.6 is 0 Å². The molecule has 0 amide bonds. The molecule has 21 heavy (non-hydrogen) atoms. The zero-order chi connectivity index (χ0) is 15.7. The van der Waals surface area contributed by atoms with E-state index in [9.17, 15) is 0 Å². The van der Waals surface area contributed by atoms with Gasteiger partial charge in [0, 0.05) is 6.61 Å². The molecule has 0 aromatic heterocycles. The normalized spacial score (nSPS) is 14.4. The Morgan fingerprint density at radius 3 is 2.24 bits per heavy atom. The van der Waals surface area contributed by atoms with Gasteiger partial charge >= 0.3 is 0 Å². The van der Waals surface area contributed by atoms with Crippen LogP contribution in [0.3, 0.4) is 0 Å². The number of hydrogen-bond acceptors (Lipinski definition) is 2. The number of hydrogen-bond donors (Lipinski definition) is 1. The van der Waals surface area contributed by atoms with Gasteiger partial charge in [0.2, 0.25) is 0 Å². The molecule has 2 heteroatoms. The minimum atomic E-state index is 0.284. The van der Waals surface area contributed by atoms with Gasteiger partial charge in [-0.05, 0) is 42.9 Å². The smallest absolute Gasteiger partial charge is 0.0661 e. The molecule has 0 spiro atoms. The van der Waals surface area contributed by atoms with Crippen LogP contribution in [0.2, 0.25) is 0 Å². The Balaban J connectivity index is 2.48. The van der Waals surface area contributed by atoms with Crippen molar-refractivity contribution in [1.29, 1.82) is 0 Å². The highest BCUT2D eigenvalue weighted by Crippen LogP contribution is 2.17. The first-order chi connectivity index (χ1) is 10.1. The largest absolute Gasteiger partial charge is 0.379 e. The molecule has 0 aliphatic heterocycles. The molecule has 1 aromatic rings. The Labute approximate surface area is 131 Å². The number of nitrogens with one attached hydrogen (secondary N) is 1. The summed E-state index contributed by atoms with van der Waals surface area (Å²) >= 11 is 0. The van der Waals surface area contributed by atoms with Crippen LogP contribution in [0.4, 0.5) is 0 Å². The minimum absolute atomic E-state index is 0.284. The fourth-order valence-corrected chi connectivity index (χ4v) is 2.67. The summed E-state index contributed by atoms with van der Waals surface area (Å²) in [5.74, 6) is 1.36. The van der Waals surface area contributed by atoms with Crippen molar-refractivity contribution in [3.05, 3.63) is 35.4 Å². The molecule has 0 heterocycles. The molecule has 120 valence electrons. The maximum absolute atomic E-state index is 5.89. The summed E-state index contributed by atoms with van der Waals surface area (Å²) in [4.78, 5) is 0. The highest BCUT2D eigenvalue weighted by atomic mass is 16.5. The van der Waals surface area contributed by atoms with E-state index >= 15 is 0 Å². The van der Waals surface area contributed by atoms with Gasteiger partial charge in [-0.3, -0.25) is 0 Å². The van der Waals surface area contributed by atoms with Gasteiger partial charge in [-0.1, -0.05) is 58.4 Å². The summed E-state index contributed by atoms with van der Waals surface area (Å²) in [6.07, 6.45) is 3.63. The topological polar surface area (TPSA) is 21.3 Å². The van der Waals surface area contributed by atoms with Gasteiger partial charge in [-0.15, -0.1) is 0 Å². The highest BCUT2D eigenvalue weighted by molar-refractivity contribution is 5.25. The van der Waals surface area contributed by atoms with Gasteiger partial charge in [0.1, 0.15) is 0 Å². The Hall–Kier alpha value is -0.860. The van der Waals surface area contributed by atoms with Crippen LogP contribution in [-0.2, 0) is 11.2 Å². The SMILES string of the molecule is CCCC(C)COCC(NC)c1ccc(CC(C)C)cc1. The second-order valence-corrected chi connectivity index (χ2v) is 6.61. The lowest BCUT2D eigenvalue weighted by molar-refractivity contribution is 0.0849. The summed E-state index contributed by atoms with van der Waals surface area (Å²) < 4.78 is 5.89. The van der Waals surface area contributed by atoms with Crippen molar-refractivity contribution in [2.75, 3.05) is 20.3 Å². The third-order valence-electron chi connectivity index (χ3n) is 3.84. The molecular weight excluding hydrogens is 258 g/mol.